The highest BCUT2D eigenvalue weighted by molar-refractivity contribution is 5.23. The lowest BCUT2D eigenvalue weighted by atomic mass is 10.1. The maximum Gasteiger partial charge on any atom is 0.156 e. The van der Waals surface area contributed by atoms with Crippen LogP contribution in [-0.4, -0.2) is 19.7 Å². The second-order valence-electron chi connectivity index (χ2n) is 3.41. The zero-order valence-corrected chi connectivity index (χ0v) is 10.3. The fourth-order valence-electron chi connectivity index (χ4n) is 1.21. The van der Waals surface area contributed by atoms with Crippen molar-refractivity contribution in [2.75, 3.05) is 0 Å². The van der Waals surface area contributed by atoms with Crippen molar-refractivity contribution in [1.29, 1.82) is 0 Å². The third kappa shape index (κ3) is 2.89. The van der Waals surface area contributed by atoms with E-state index in [-0.39, 0.29) is 0 Å². The van der Waals surface area contributed by atoms with Gasteiger partial charge < -0.3 is 0 Å². The van der Waals surface area contributed by atoms with Gasteiger partial charge >= 0.3 is 0 Å². The van der Waals surface area contributed by atoms with E-state index in [0.29, 0.717) is 5.92 Å². The van der Waals surface area contributed by atoms with Gasteiger partial charge in [-0.25, -0.2) is 14.6 Å². The predicted molar refractivity (Wildman–Crippen MR) is 64.6 cm³/mol. The van der Waals surface area contributed by atoms with Gasteiger partial charge in [-0.1, -0.05) is 27.7 Å². The third-order valence-electron chi connectivity index (χ3n) is 2.00. The van der Waals surface area contributed by atoms with Gasteiger partial charge in [-0.2, -0.15) is 5.10 Å². The molecule has 0 aliphatic heterocycles. The van der Waals surface area contributed by atoms with Crippen LogP contribution in [0.25, 0.3) is 5.82 Å². The molecule has 0 fully saturated rings. The molecule has 0 aromatic carbocycles. The summed E-state index contributed by atoms with van der Waals surface area (Å²) in [5.74, 6) is 1.22. The molecule has 0 spiro atoms. The third-order valence-corrected chi connectivity index (χ3v) is 2.00. The second kappa shape index (κ2) is 6.00. The monoisotopic (exact) mass is 218 g/mol. The van der Waals surface area contributed by atoms with Crippen molar-refractivity contribution in [1.82, 2.24) is 19.7 Å². The smallest absolute Gasteiger partial charge is 0.156 e. The van der Waals surface area contributed by atoms with Gasteiger partial charge in [0, 0.05) is 24.2 Å². The van der Waals surface area contributed by atoms with Crippen molar-refractivity contribution < 1.29 is 0 Å². The zero-order valence-electron chi connectivity index (χ0n) is 10.3. The van der Waals surface area contributed by atoms with E-state index in [1.54, 1.807) is 17.2 Å². The summed E-state index contributed by atoms with van der Waals surface area (Å²) in [6.45, 7) is 8.21. The van der Waals surface area contributed by atoms with Gasteiger partial charge in [0.1, 0.15) is 6.33 Å². The van der Waals surface area contributed by atoms with Crippen molar-refractivity contribution in [2.24, 2.45) is 0 Å². The van der Waals surface area contributed by atoms with Crippen molar-refractivity contribution >= 4 is 0 Å². The molecular weight excluding hydrogens is 200 g/mol. The summed E-state index contributed by atoms with van der Waals surface area (Å²) in [5, 5.41) is 4.11. The summed E-state index contributed by atoms with van der Waals surface area (Å²) in [5.41, 5.74) is 1.03. The molecule has 0 aliphatic carbocycles. The van der Waals surface area contributed by atoms with Gasteiger partial charge in [-0.05, 0) is 12.0 Å². The second-order valence-corrected chi connectivity index (χ2v) is 3.41. The molecule has 0 bridgehead atoms. The number of hydrogen-bond acceptors (Lipinski definition) is 3. The molecule has 0 amide bonds. The molecule has 4 nitrogen and oxygen atoms in total. The first kappa shape index (κ1) is 12.4. The quantitative estimate of drug-likeness (QED) is 0.778. The molecule has 0 N–H and O–H groups in total. The molecule has 2 heterocycles. The van der Waals surface area contributed by atoms with E-state index in [1.807, 2.05) is 32.2 Å². The van der Waals surface area contributed by atoms with Gasteiger partial charge in [-0.15, -0.1) is 0 Å². The molecule has 0 unspecified atom stereocenters. The molecule has 2 aromatic rings. The van der Waals surface area contributed by atoms with Crippen LogP contribution >= 0.6 is 0 Å². The number of hydrogen-bond donors (Lipinski definition) is 0. The van der Waals surface area contributed by atoms with Gasteiger partial charge in [0.05, 0.1) is 0 Å². The topological polar surface area (TPSA) is 43.6 Å². The standard InChI is InChI=1S/C10H12N4.C2H6/c1-8(2)9-6-10(12-7-11-9)14-5-3-4-13-14;1-2/h3-8H,1-2H3;1-2H3. The Labute approximate surface area is 96.4 Å². The van der Waals surface area contributed by atoms with Crippen LogP contribution in [0.5, 0.6) is 0 Å². The normalized spacial score (nSPS) is 9.81. The van der Waals surface area contributed by atoms with Gasteiger partial charge in [0.2, 0.25) is 0 Å². The lowest BCUT2D eigenvalue weighted by Crippen LogP contribution is -2.01. The Morgan fingerprint density at radius 1 is 1.19 bits per heavy atom. The van der Waals surface area contributed by atoms with Crippen LogP contribution < -0.4 is 0 Å². The summed E-state index contributed by atoms with van der Waals surface area (Å²) < 4.78 is 1.73. The van der Waals surface area contributed by atoms with E-state index in [2.05, 4.69) is 28.9 Å². The first-order valence-electron chi connectivity index (χ1n) is 5.59. The van der Waals surface area contributed by atoms with Crippen molar-refractivity contribution in [3.63, 3.8) is 0 Å². The van der Waals surface area contributed by atoms with Crippen LogP contribution in [0.2, 0.25) is 0 Å². The summed E-state index contributed by atoms with van der Waals surface area (Å²) in [6.07, 6.45) is 5.18. The van der Waals surface area contributed by atoms with Crippen molar-refractivity contribution in [3.05, 3.63) is 36.5 Å². The van der Waals surface area contributed by atoms with E-state index in [0.717, 1.165) is 11.5 Å². The van der Waals surface area contributed by atoms with Gasteiger partial charge in [0.15, 0.2) is 5.82 Å². The average Bonchev–Trinajstić information content (AvgIpc) is 2.85. The summed E-state index contributed by atoms with van der Waals surface area (Å²) in [4.78, 5) is 8.35. The number of rotatable bonds is 2. The van der Waals surface area contributed by atoms with E-state index in [4.69, 9.17) is 0 Å². The Hall–Kier alpha value is -1.71. The minimum Gasteiger partial charge on any atom is -0.241 e. The Bertz CT molecular complexity index is 407. The maximum absolute atomic E-state index is 4.20. The van der Waals surface area contributed by atoms with Crippen molar-refractivity contribution in [3.8, 4) is 5.82 Å². The fourth-order valence-corrected chi connectivity index (χ4v) is 1.21. The SMILES string of the molecule is CC.CC(C)c1cc(-n2cccn2)ncn1. The zero-order chi connectivity index (χ0) is 12.0. The lowest BCUT2D eigenvalue weighted by molar-refractivity contribution is 0.784. The number of aromatic nitrogens is 4. The molecule has 4 heteroatoms. The predicted octanol–water partition coefficient (Wildman–Crippen LogP) is 2.81. The van der Waals surface area contributed by atoms with Crippen LogP contribution in [-0.2, 0) is 0 Å². The molecular formula is C12H18N4. The molecule has 16 heavy (non-hydrogen) atoms. The molecule has 0 atom stereocenters. The van der Waals surface area contributed by atoms with Crippen LogP contribution in [0.4, 0.5) is 0 Å². The summed E-state index contributed by atoms with van der Waals surface area (Å²) in [6, 6.07) is 3.83. The first-order valence-corrected chi connectivity index (χ1v) is 5.59. The van der Waals surface area contributed by atoms with E-state index >= 15 is 0 Å². The molecule has 2 rings (SSSR count). The highest BCUT2D eigenvalue weighted by Crippen LogP contribution is 2.12. The maximum atomic E-state index is 4.20. The Balaban J connectivity index is 0.000000606. The molecule has 0 saturated heterocycles. The minimum absolute atomic E-state index is 0.410. The highest BCUT2D eigenvalue weighted by atomic mass is 15.3. The van der Waals surface area contributed by atoms with Gasteiger partial charge in [-0.3, -0.25) is 0 Å². The largest absolute Gasteiger partial charge is 0.241 e. The van der Waals surface area contributed by atoms with Gasteiger partial charge in [0.25, 0.3) is 0 Å². The molecule has 0 radical (unpaired) electrons. The molecule has 2 aromatic heterocycles. The van der Waals surface area contributed by atoms with Crippen LogP contribution in [0.1, 0.15) is 39.3 Å². The lowest BCUT2D eigenvalue weighted by Gasteiger charge is -2.05. The van der Waals surface area contributed by atoms with Crippen LogP contribution in [0.3, 0.4) is 0 Å². The van der Waals surface area contributed by atoms with E-state index < -0.39 is 0 Å². The van der Waals surface area contributed by atoms with Crippen LogP contribution in [0, 0.1) is 0 Å². The van der Waals surface area contributed by atoms with Crippen molar-refractivity contribution in [2.45, 2.75) is 33.6 Å². The Kier molecular flexibility index (Phi) is 4.64. The van der Waals surface area contributed by atoms with E-state index in [1.165, 1.54) is 0 Å². The van der Waals surface area contributed by atoms with Crippen LogP contribution in [0.15, 0.2) is 30.9 Å². The average molecular weight is 218 g/mol. The number of nitrogens with zero attached hydrogens (tertiary/aromatic N) is 4. The summed E-state index contributed by atoms with van der Waals surface area (Å²) in [7, 11) is 0. The highest BCUT2D eigenvalue weighted by Gasteiger charge is 2.03. The molecule has 86 valence electrons. The molecule has 0 saturated carbocycles. The fraction of sp³-hybridized carbons (Fsp3) is 0.417. The Morgan fingerprint density at radius 3 is 2.50 bits per heavy atom. The first-order chi connectivity index (χ1) is 7.77. The summed E-state index contributed by atoms with van der Waals surface area (Å²) >= 11 is 0. The minimum atomic E-state index is 0.410. The Morgan fingerprint density at radius 2 is 1.94 bits per heavy atom. The van der Waals surface area contributed by atoms with E-state index in [9.17, 15) is 0 Å². The molecule has 0 aliphatic rings.